The van der Waals surface area contributed by atoms with E-state index in [2.05, 4.69) is 30.0 Å². The Kier molecular flexibility index (Phi) is 5.78. The Hall–Kier alpha value is -1.96. The highest BCUT2D eigenvalue weighted by Gasteiger charge is 1.95. The molecule has 0 N–H and O–H groups in total. The normalized spacial score (nSPS) is 11.8. The fraction of sp³-hybridized carbons (Fsp3) is 0.250. The molecule has 0 unspecified atom stereocenters. The van der Waals surface area contributed by atoms with Gasteiger partial charge in [0.1, 0.15) is 5.82 Å². The van der Waals surface area contributed by atoms with Crippen molar-refractivity contribution in [2.24, 2.45) is 0 Å². The van der Waals surface area contributed by atoms with E-state index in [0.717, 1.165) is 35.4 Å². The minimum atomic E-state index is 0.719. The van der Waals surface area contributed by atoms with E-state index < -0.39 is 0 Å². The molecule has 0 saturated carbocycles. The second kappa shape index (κ2) is 7.38. The minimum absolute atomic E-state index is 0.719. The molecular weight excluding hydrogens is 220 g/mol. The summed E-state index contributed by atoms with van der Waals surface area (Å²) in [4.78, 5) is 8.61. The first-order valence-corrected chi connectivity index (χ1v) is 6.15. The van der Waals surface area contributed by atoms with Gasteiger partial charge in [-0.3, -0.25) is 0 Å². The summed E-state index contributed by atoms with van der Waals surface area (Å²) < 4.78 is 0. The van der Waals surface area contributed by atoms with Crippen molar-refractivity contribution < 1.29 is 0 Å². The lowest BCUT2D eigenvalue weighted by molar-refractivity contribution is 0.949. The molecule has 0 spiro atoms. The molecule has 2 heteroatoms. The van der Waals surface area contributed by atoms with Crippen LogP contribution in [0, 0.1) is 0 Å². The first-order chi connectivity index (χ1) is 8.71. The maximum absolute atomic E-state index is 4.30. The second-order valence-electron chi connectivity index (χ2n) is 3.94. The van der Waals surface area contributed by atoms with Crippen molar-refractivity contribution in [1.82, 2.24) is 9.97 Å². The summed E-state index contributed by atoms with van der Waals surface area (Å²) in [6.07, 6.45) is 13.3. The maximum atomic E-state index is 4.30. The number of hydrogen-bond donors (Lipinski definition) is 0. The summed E-state index contributed by atoms with van der Waals surface area (Å²) in [6.45, 7) is 11.8. The molecule has 0 saturated heterocycles. The van der Waals surface area contributed by atoms with Crippen LogP contribution in [0.4, 0.5) is 0 Å². The Balaban J connectivity index is 2.59. The molecule has 0 aromatic carbocycles. The van der Waals surface area contributed by atoms with Crippen molar-refractivity contribution in [3.8, 4) is 0 Å². The van der Waals surface area contributed by atoms with Crippen LogP contribution in [-0.2, 0) is 12.8 Å². The molecule has 18 heavy (non-hydrogen) atoms. The Morgan fingerprint density at radius 3 is 2.50 bits per heavy atom. The average Bonchev–Trinajstić information content (AvgIpc) is 2.41. The standard InChI is InChI=1S/C16H20N2/c1-5-14-11-17-16(18-12-14)10-8-9-13(4)15(6-2)7-3/h6-9,11-12H,2,4-5,10H2,1,3H3/b9-8+,15-7+. The van der Waals surface area contributed by atoms with Gasteiger partial charge in [0, 0.05) is 18.8 Å². The monoisotopic (exact) mass is 240 g/mol. The first kappa shape index (κ1) is 14.1. The summed E-state index contributed by atoms with van der Waals surface area (Å²) in [7, 11) is 0. The average molecular weight is 240 g/mol. The van der Waals surface area contributed by atoms with Gasteiger partial charge in [0.2, 0.25) is 0 Å². The van der Waals surface area contributed by atoms with E-state index >= 15 is 0 Å². The molecule has 1 rings (SSSR count). The highest BCUT2D eigenvalue weighted by molar-refractivity contribution is 5.43. The molecule has 0 aliphatic rings. The van der Waals surface area contributed by atoms with E-state index in [1.807, 2.05) is 37.5 Å². The van der Waals surface area contributed by atoms with Gasteiger partial charge in [0.15, 0.2) is 0 Å². The summed E-state index contributed by atoms with van der Waals surface area (Å²) in [6, 6.07) is 0. The topological polar surface area (TPSA) is 25.8 Å². The van der Waals surface area contributed by atoms with Crippen LogP contribution in [-0.4, -0.2) is 9.97 Å². The van der Waals surface area contributed by atoms with Crippen molar-refractivity contribution in [2.75, 3.05) is 0 Å². The highest BCUT2D eigenvalue weighted by Crippen LogP contribution is 2.10. The molecule has 0 radical (unpaired) electrons. The van der Waals surface area contributed by atoms with E-state index in [9.17, 15) is 0 Å². The zero-order valence-corrected chi connectivity index (χ0v) is 11.2. The largest absolute Gasteiger partial charge is 0.241 e. The van der Waals surface area contributed by atoms with Gasteiger partial charge in [-0.05, 0) is 30.1 Å². The molecule has 94 valence electrons. The smallest absolute Gasteiger partial charge is 0.131 e. The molecule has 0 fully saturated rings. The van der Waals surface area contributed by atoms with Crippen LogP contribution in [0.2, 0.25) is 0 Å². The van der Waals surface area contributed by atoms with E-state index in [0.29, 0.717) is 0 Å². The number of allylic oxidation sites excluding steroid dienone is 6. The van der Waals surface area contributed by atoms with Gasteiger partial charge in [-0.15, -0.1) is 0 Å². The van der Waals surface area contributed by atoms with Crippen LogP contribution in [0.15, 0.2) is 61.0 Å². The molecular formula is C16H20N2. The van der Waals surface area contributed by atoms with Gasteiger partial charge >= 0.3 is 0 Å². The molecule has 2 nitrogen and oxygen atoms in total. The van der Waals surface area contributed by atoms with Gasteiger partial charge in [-0.25, -0.2) is 9.97 Å². The van der Waals surface area contributed by atoms with Crippen LogP contribution in [0.5, 0.6) is 0 Å². The third kappa shape index (κ3) is 4.13. The maximum Gasteiger partial charge on any atom is 0.131 e. The lowest BCUT2D eigenvalue weighted by Gasteiger charge is -2.00. The molecule has 0 aliphatic heterocycles. The summed E-state index contributed by atoms with van der Waals surface area (Å²) in [5.41, 5.74) is 3.17. The van der Waals surface area contributed by atoms with Gasteiger partial charge in [0.05, 0.1) is 0 Å². The van der Waals surface area contributed by atoms with E-state index in [4.69, 9.17) is 0 Å². The Labute approximate surface area is 109 Å². The zero-order valence-electron chi connectivity index (χ0n) is 11.2. The van der Waals surface area contributed by atoms with Crippen LogP contribution >= 0.6 is 0 Å². The Morgan fingerprint density at radius 1 is 1.33 bits per heavy atom. The number of aryl methyl sites for hydroxylation is 1. The van der Waals surface area contributed by atoms with Gasteiger partial charge < -0.3 is 0 Å². The van der Waals surface area contributed by atoms with Gasteiger partial charge in [-0.2, -0.15) is 0 Å². The highest BCUT2D eigenvalue weighted by atomic mass is 14.9. The van der Waals surface area contributed by atoms with E-state index in [1.54, 1.807) is 6.08 Å². The summed E-state index contributed by atoms with van der Waals surface area (Å²) in [5, 5.41) is 0. The van der Waals surface area contributed by atoms with Crippen molar-refractivity contribution in [2.45, 2.75) is 26.7 Å². The predicted molar refractivity (Wildman–Crippen MR) is 77.3 cm³/mol. The van der Waals surface area contributed by atoms with Crippen molar-refractivity contribution in [3.05, 3.63) is 72.4 Å². The van der Waals surface area contributed by atoms with Crippen LogP contribution in [0.25, 0.3) is 0 Å². The SMILES string of the molecule is C=C/C(=C\C)C(=C)/C=C/Cc1ncc(CC)cn1. The summed E-state index contributed by atoms with van der Waals surface area (Å²) in [5.74, 6) is 0.830. The number of nitrogens with zero attached hydrogens (tertiary/aromatic N) is 2. The Morgan fingerprint density at radius 2 is 2.00 bits per heavy atom. The Bertz CT molecular complexity index is 464. The summed E-state index contributed by atoms with van der Waals surface area (Å²) >= 11 is 0. The third-order valence-corrected chi connectivity index (χ3v) is 2.69. The lowest BCUT2D eigenvalue weighted by atomic mass is 10.1. The molecule has 0 atom stereocenters. The molecule has 0 bridgehead atoms. The molecule has 1 aromatic heterocycles. The fourth-order valence-corrected chi connectivity index (χ4v) is 1.51. The third-order valence-electron chi connectivity index (χ3n) is 2.69. The number of rotatable bonds is 6. The first-order valence-electron chi connectivity index (χ1n) is 6.15. The van der Waals surface area contributed by atoms with Crippen LogP contribution < -0.4 is 0 Å². The number of hydrogen-bond acceptors (Lipinski definition) is 2. The minimum Gasteiger partial charge on any atom is -0.241 e. The quantitative estimate of drug-likeness (QED) is 0.706. The van der Waals surface area contributed by atoms with Crippen molar-refractivity contribution in [3.63, 3.8) is 0 Å². The van der Waals surface area contributed by atoms with Crippen LogP contribution in [0.1, 0.15) is 25.2 Å². The fourth-order valence-electron chi connectivity index (χ4n) is 1.51. The zero-order chi connectivity index (χ0) is 13.4. The predicted octanol–water partition coefficient (Wildman–Crippen LogP) is 3.83. The second-order valence-corrected chi connectivity index (χ2v) is 3.94. The van der Waals surface area contributed by atoms with Gasteiger partial charge in [-0.1, -0.05) is 44.4 Å². The van der Waals surface area contributed by atoms with Crippen molar-refractivity contribution in [1.29, 1.82) is 0 Å². The van der Waals surface area contributed by atoms with Gasteiger partial charge in [0.25, 0.3) is 0 Å². The van der Waals surface area contributed by atoms with E-state index in [1.165, 1.54) is 0 Å². The molecule has 0 aliphatic carbocycles. The number of aromatic nitrogens is 2. The molecule has 0 amide bonds. The molecule has 1 heterocycles. The van der Waals surface area contributed by atoms with Crippen molar-refractivity contribution >= 4 is 0 Å². The lowest BCUT2D eigenvalue weighted by Crippen LogP contribution is -1.94. The van der Waals surface area contributed by atoms with E-state index in [-0.39, 0.29) is 0 Å². The molecule has 1 aromatic rings. The van der Waals surface area contributed by atoms with Crippen LogP contribution in [0.3, 0.4) is 0 Å².